The van der Waals surface area contributed by atoms with Crippen molar-refractivity contribution in [2.45, 2.75) is 236 Å². The fraction of sp³-hybridized carbons (Fsp3) is 0.796. The van der Waals surface area contributed by atoms with E-state index in [2.05, 4.69) is 50.3 Å². The van der Waals surface area contributed by atoms with Gasteiger partial charge in [-0.2, -0.15) is 0 Å². The second-order valence-corrected chi connectivity index (χ2v) is 18.4. The van der Waals surface area contributed by atoms with Crippen molar-refractivity contribution < 1.29 is 63.1 Å². The normalized spacial score (nSPS) is 22.1. The van der Waals surface area contributed by atoms with Gasteiger partial charge in [0.15, 0.2) is 6.10 Å². The zero-order chi connectivity index (χ0) is 46.4. The van der Waals surface area contributed by atoms with Crippen LogP contribution in [0.3, 0.4) is 0 Å². The maximum atomic E-state index is 12.8. The summed E-state index contributed by atoms with van der Waals surface area (Å²) in [6.45, 7) is 3.25. The van der Waals surface area contributed by atoms with Crippen LogP contribution in [-0.4, -0.2) is 98.3 Å². The van der Waals surface area contributed by atoms with E-state index in [4.69, 9.17) is 18.5 Å². The van der Waals surface area contributed by atoms with Crippen molar-refractivity contribution in [3.05, 3.63) is 48.6 Å². The van der Waals surface area contributed by atoms with Crippen LogP contribution < -0.4 is 0 Å². The van der Waals surface area contributed by atoms with Gasteiger partial charge in [0.2, 0.25) is 0 Å². The number of ether oxygens (including phenoxy) is 2. The van der Waals surface area contributed by atoms with Gasteiger partial charge in [0.25, 0.3) is 0 Å². The summed E-state index contributed by atoms with van der Waals surface area (Å²) in [5.74, 6) is -1.16. The molecule has 0 amide bonds. The number of hydrogen-bond donors (Lipinski definition) is 6. The summed E-state index contributed by atoms with van der Waals surface area (Å²) < 4.78 is 33.5. The lowest BCUT2D eigenvalue weighted by atomic mass is 9.85. The van der Waals surface area contributed by atoms with Gasteiger partial charge in [-0.25, -0.2) is 4.57 Å². The van der Waals surface area contributed by atoms with Crippen LogP contribution in [0, 0.1) is 0 Å². The molecule has 0 saturated heterocycles. The number of aliphatic hydroxyl groups is 5. The van der Waals surface area contributed by atoms with Gasteiger partial charge in [0.1, 0.15) is 43.2 Å². The van der Waals surface area contributed by atoms with Gasteiger partial charge in [0.05, 0.1) is 6.61 Å². The van der Waals surface area contributed by atoms with E-state index in [-0.39, 0.29) is 12.8 Å². The summed E-state index contributed by atoms with van der Waals surface area (Å²) in [6.07, 6.45) is 33.2. The smallest absolute Gasteiger partial charge is 0.462 e. The lowest BCUT2D eigenvalue weighted by molar-refractivity contribution is -0.220. The van der Waals surface area contributed by atoms with Crippen molar-refractivity contribution in [2.24, 2.45) is 0 Å². The van der Waals surface area contributed by atoms with Crippen molar-refractivity contribution in [3.63, 3.8) is 0 Å². The van der Waals surface area contributed by atoms with Gasteiger partial charge >= 0.3 is 19.8 Å². The summed E-state index contributed by atoms with van der Waals surface area (Å²) in [6, 6.07) is 0. The minimum atomic E-state index is -5.13. The van der Waals surface area contributed by atoms with Crippen LogP contribution in [0.5, 0.6) is 0 Å². The van der Waals surface area contributed by atoms with Crippen molar-refractivity contribution in [1.29, 1.82) is 0 Å². The molecule has 63 heavy (non-hydrogen) atoms. The molecule has 1 saturated carbocycles. The van der Waals surface area contributed by atoms with Crippen molar-refractivity contribution in [1.82, 2.24) is 0 Å². The maximum absolute atomic E-state index is 12.8. The van der Waals surface area contributed by atoms with Crippen molar-refractivity contribution in [3.8, 4) is 0 Å². The Morgan fingerprint density at radius 2 is 0.873 bits per heavy atom. The monoisotopic (exact) mass is 915 g/mol. The van der Waals surface area contributed by atoms with Gasteiger partial charge in [0, 0.05) is 12.8 Å². The number of carbonyl (C=O) groups is 2. The van der Waals surface area contributed by atoms with E-state index in [0.717, 1.165) is 51.4 Å². The number of esters is 2. The Labute approximate surface area is 380 Å². The summed E-state index contributed by atoms with van der Waals surface area (Å²) >= 11 is 0. The Morgan fingerprint density at radius 3 is 1.35 bits per heavy atom. The Bertz CT molecular complexity index is 1290. The van der Waals surface area contributed by atoms with E-state index < -0.39 is 75.7 Å². The number of hydrogen-bond acceptors (Lipinski definition) is 12. The number of allylic oxidation sites excluding steroid dienone is 8. The molecule has 0 bridgehead atoms. The number of phosphoric acid groups is 1. The van der Waals surface area contributed by atoms with E-state index in [1.165, 1.54) is 96.3 Å². The number of carbonyl (C=O) groups excluding carboxylic acids is 2. The first-order chi connectivity index (χ1) is 30.4. The predicted octanol–water partition coefficient (Wildman–Crippen LogP) is 9.95. The van der Waals surface area contributed by atoms with Gasteiger partial charge in [-0.15, -0.1) is 0 Å². The van der Waals surface area contributed by atoms with Gasteiger partial charge in [-0.05, 0) is 51.4 Å². The molecule has 0 aromatic carbocycles. The SMILES string of the molecule is CCCCCCCCC/C=C/C/C=C/C/C=C/C/C=C/CCCC(=O)OC[C@@H](COP(=O)(O)OC1C(O)C(O)C(O)[C@H](O)C1O)OC(=O)CCCCCCCCCCCCCCC. The molecule has 0 radical (unpaired) electrons. The summed E-state index contributed by atoms with van der Waals surface area (Å²) in [5.41, 5.74) is 0. The summed E-state index contributed by atoms with van der Waals surface area (Å²) in [5, 5.41) is 50.2. The standard InChI is InChI=1S/C49H87O13P/c1-3-5-7-9-11-13-15-17-18-19-20-21-22-23-24-26-27-29-31-33-35-37-42(50)59-39-41(40-60-63(57,58)62-49-47(55)45(53)44(52)46(54)48(49)56)61-43(51)38-36-34-32-30-28-25-16-14-12-10-8-6-4-2/h18-19,21-22,24,26,29,31,41,44-49,52-56H,3-17,20,23,25,27-28,30,32-40H2,1-2H3,(H,57,58)/b19-18+,22-21+,26-24+,31-29+/t41-,44?,45-,46?,47?,48?,49?/m0/s1. The highest BCUT2D eigenvalue weighted by molar-refractivity contribution is 7.47. The average molecular weight is 915 g/mol. The van der Waals surface area contributed by atoms with Crippen LogP contribution in [0.25, 0.3) is 0 Å². The molecule has 14 heteroatoms. The largest absolute Gasteiger partial charge is 0.472 e. The topological polar surface area (TPSA) is 210 Å². The van der Waals surface area contributed by atoms with Crippen molar-refractivity contribution in [2.75, 3.05) is 13.2 Å². The van der Waals surface area contributed by atoms with Crippen LogP contribution in [-0.2, 0) is 32.7 Å². The second kappa shape index (κ2) is 39.0. The van der Waals surface area contributed by atoms with Crippen LogP contribution in [0.15, 0.2) is 48.6 Å². The average Bonchev–Trinajstić information content (AvgIpc) is 3.26. The number of rotatable bonds is 40. The van der Waals surface area contributed by atoms with Crippen molar-refractivity contribution >= 4 is 19.8 Å². The summed E-state index contributed by atoms with van der Waals surface area (Å²) in [7, 11) is -5.13. The highest BCUT2D eigenvalue weighted by Gasteiger charge is 2.51. The fourth-order valence-corrected chi connectivity index (χ4v) is 8.19. The molecule has 8 atom stereocenters. The Kier molecular flexibility index (Phi) is 36.4. The molecule has 0 spiro atoms. The molecule has 0 heterocycles. The highest BCUT2D eigenvalue weighted by Crippen LogP contribution is 2.47. The van der Waals surface area contributed by atoms with Crippen LogP contribution >= 0.6 is 7.82 Å². The second-order valence-electron chi connectivity index (χ2n) is 17.0. The van der Waals surface area contributed by atoms with Crippen LogP contribution in [0.4, 0.5) is 0 Å². The molecule has 1 fully saturated rings. The lowest BCUT2D eigenvalue weighted by Crippen LogP contribution is -2.64. The third kappa shape index (κ3) is 31.4. The first-order valence-electron chi connectivity index (χ1n) is 24.4. The number of unbranched alkanes of at least 4 members (excludes halogenated alkanes) is 20. The Morgan fingerprint density at radius 1 is 0.492 bits per heavy atom. The van der Waals surface area contributed by atoms with E-state index >= 15 is 0 Å². The lowest BCUT2D eigenvalue weighted by Gasteiger charge is -2.41. The van der Waals surface area contributed by atoms with Gasteiger partial charge < -0.3 is 39.9 Å². The number of phosphoric ester groups is 1. The third-order valence-corrected chi connectivity index (χ3v) is 12.2. The summed E-state index contributed by atoms with van der Waals surface area (Å²) in [4.78, 5) is 35.7. The Hall–Kier alpha value is -2.19. The molecule has 1 aliphatic rings. The first-order valence-corrected chi connectivity index (χ1v) is 25.9. The van der Waals surface area contributed by atoms with E-state index in [1.807, 2.05) is 12.2 Å². The molecule has 6 N–H and O–H groups in total. The van der Waals surface area contributed by atoms with Crippen LogP contribution in [0.2, 0.25) is 0 Å². The van der Waals surface area contributed by atoms with Gasteiger partial charge in [-0.1, -0.05) is 178 Å². The predicted molar refractivity (Wildman–Crippen MR) is 249 cm³/mol. The minimum Gasteiger partial charge on any atom is -0.462 e. The molecular weight excluding hydrogens is 827 g/mol. The van der Waals surface area contributed by atoms with E-state index in [0.29, 0.717) is 19.3 Å². The fourth-order valence-electron chi connectivity index (χ4n) is 7.22. The third-order valence-electron chi connectivity index (χ3n) is 11.2. The quantitative estimate of drug-likeness (QED) is 0.0147. The van der Waals surface area contributed by atoms with E-state index in [9.17, 15) is 44.6 Å². The molecule has 0 aromatic heterocycles. The molecule has 6 unspecified atom stereocenters. The molecular formula is C49H87O13P. The van der Waals surface area contributed by atoms with Gasteiger partial charge in [-0.3, -0.25) is 18.6 Å². The Balaban J connectivity index is 2.46. The molecule has 366 valence electrons. The first kappa shape index (κ1) is 58.8. The highest BCUT2D eigenvalue weighted by atomic mass is 31.2. The van der Waals surface area contributed by atoms with E-state index in [1.54, 1.807) is 0 Å². The maximum Gasteiger partial charge on any atom is 0.472 e. The molecule has 0 aliphatic heterocycles. The molecule has 1 rings (SSSR count). The minimum absolute atomic E-state index is 0.0866. The molecule has 1 aliphatic carbocycles. The number of aliphatic hydroxyl groups excluding tert-OH is 5. The molecule has 0 aromatic rings. The molecule has 13 nitrogen and oxygen atoms in total. The van der Waals surface area contributed by atoms with Crippen LogP contribution in [0.1, 0.15) is 194 Å². The zero-order valence-electron chi connectivity index (χ0n) is 38.9. The zero-order valence-corrected chi connectivity index (χ0v) is 39.8.